The number of esters is 3. The average molecular weight is 863 g/mol. The van der Waals surface area contributed by atoms with Crippen LogP contribution in [0.2, 0.25) is 0 Å². The highest BCUT2D eigenvalue weighted by atomic mass is 16.6. The first-order chi connectivity index (χ1) is 30.5. The standard InChI is InChI=1S/C56H94O6/c1-4-7-10-13-16-19-22-25-26-27-28-29-30-32-34-37-40-43-46-49-55(58)61-52-53(51-60-54(57)48-45-42-39-36-33-24-21-18-15-12-9-6-3)62-56(59)50-47-44-41-38-35-31-23-20-17-14-11-8-5-2/h7-8,10-11,16-17,19-20,25-26,28-29,31,35,53H,4-6,9,12-15,18,21-24,27,30,32-34,36-52H2,1-3H3/b10-7-,11-8-,19-16-,20-17-,26-25-,29-28-,35-31-. The van der Waals surface area contributed by atoms with Crippen molar-refractivity contribution < 1.29 is 28.6 Å². The number of carbonyl (C=O) groups is 3. The van der Waals surface area contributed by atoms with Crippen molar-refractivity contribution in [2.45, 2.75) is 239 Å². The second kappa shape index (κ2) is 50.2. The number of allylic oxidation sites excluding steroid dienone is 14. The Kier molecular flexibility index (Phi) is 47.5. The minimum Gasteiger partial charge on any atom is -0.462 e. The van der Waals surface area contributed by atoms with E-state index in [2.05, 4.69) is 106 Å². The Balaban J connectivity index is 4.42. The van der Waals surface area contributed by atoms with Gasteiger partial charge in [-0.1, -0.05) is 209 Å². The van der Waals surface area contributed by atoms with Gasteiger partial charge in [-0.05, 0) is 89.9 Å². The molecule has 0 aromatic carbocycles. The van der Waals surface area contributed by atoms with Gasteiger partial charge in [0.15, 0.2) is 6.10 Å². The number of rotatable bonds is 45. The summed E-state index contributed by atoms with van der Waals surface area (Å²) in [6, 6.07) is 0. The summed E-state index contributed by atoms with van der Waals surface area (Å²) in [6.45, 7) is 6.37. The zero-order valence-corrected chi connectivity index (χ0v) is 40.4. The highest BCUT2D eigenvalue weighted by molar-refractivity contribution is 5.71. The van der Waals surface area contributed by atoms with E-state index in [1.807, 2.05) is 0 Å². The van der Waals surface area contributed by atoms with Gasteiger partial charge in [0, 0.05) is 19.3 Å². The monoisotopic (exact) mass is 863 g/mol. The van der Waals surface area contributed by atoms with E-state index in [0.717, 1.165) is 122 Å². The van der Waals surface area contributed by atoms with Gasteiger partial charge in [0.2, 0.25) is 0 Å². The molecule has 0 aromatic rings. The predicted molar refractivity (Wildman–Crippen MR) is 265 cm³/mol. The van der Waals surface area contributed by atoms with E-state index in [1.165, 1.54) is 70.6 Å². The van der Waals surface area contributed by atoms with E-state index >= 15 is 0 Å². The molecular formula is C56H94O6. The summed E-state index contributed by atoms with van der Waals surface area (Å²) < 4.78 is 16.7. The van der Waals surface area contributed by atoms with Crippen molar-refractivity contribution in [1.29, 1.82) is 0 Å². The van der Waals surface area contributed by atoms with Crippen LogP contribution in [0.1, 0.15) is 233 Å². The fourth-order valence-corrected chi connectivity index (χ4v) is 6.86. The van der Waals surface area contributed by atoms with Crippen molar-refractivity contribution in [3.05, 3.63) is 85.1 Å². The Labute approximate surface area is 382 Å². The lowest BCUT2D eigenvalue weighted by molar-refractivity contribution is -0.167. The van der Waals surface area contributed by atoms with E-state index in [1.54, 1.807) is 0 Å². The van der Waals surface area contributed by atoms with Gasteiger partial charge in [0.1, 0.15) is 13.2 Å². The van der Waals surface area contributed by atoms with E-state index in [-0.39, 0.29) is 31.1 Å². The van der Waals surface area contributed by atoms with Gasteiger partial charge in [-0.2, -0.15) is 0 Å². The molecule has 0 aliphatic carbocycles. The summed E-state index contributed by atoms with van der Waals surface area (Å²) >= 11 is 0. The highest BCUT2D eigenvalue weighted by Crippen LogP contribution is 2.14. The molecule has 0 radical (unpaired) electrons. The third-order valence-corrected chi connectivity index (χ3v) is 10.6. The Morgan fingerprint density at radius 3 is 1.00 bits per heavy atom. The minimum absolute atomic E-state index is 0.0921. The molecule has 0 N–H and O–H groups in total. The summed E-state index contributed by atoms with van der Waals surface area (Å²) in [5.74, 6) is -0.937. The molecule has 62 heavy (non-hydrogen) atoms. The number of unbranched alkanes of at least 4 members (excludes halogenated alkanes) is 20. The molecule has 0 rings (SSSR count). The van der Waals surface area contributed by atoms with E-state index in [9.17, 15) is 14.4 Å². The Hall–Kier alpha value is -3.41. The molecule has 0 heterocycles. The van der Waals surface area contributed by atoms with Gasteiger partial charge in [0.25, 0.3) is 0 Å². The lowest BCUT2D eigenvalue weighted by atomic mass is 10.0. The molecule has 0 spiro atoms. The second-order valence-corrected chi connectivity index (χ2v) is 16.7. The minimum atomic E-state index is -0.795. The molecule has 6 heteroatoms. The zero-order chi connectivity index (χ0) is 45.1. The van der Waals surface area contributed by atoms with Crippen LogP contribution in [0.15, 0.2) is 85.1 Å². The predicted octanol–water partition coefficient (Wildman–Crippen LogP) is 16.8. The first kappa shape index (κ1) is 58.6. The summed E-state index contributed by atoms with van der Waals surface area (Å²) in [5, 5.41) is 0. The Bertz CT molecular complexity index is 1220. The Morgan fingerprint density at radius 1 is 0.339 bits per heavy atom. The lowest BCUT2D eigenvalue weighted by Gasteiger charge is -2.18. The summed E-state index contributed by atoms with van der Waals surface area (Å²) in [4.78, 5) is 37.9. The molecule has 1 unspecified atom stereocenters. The van der Waals surface area contributed by atoms with Gasteiger partial charge in [-0.15, -0.1) is 0 Å². The molecule has 0 aliphatic rings. The Morgan fingerprint density at radius 2 is 0.629 bits per heavy atom. The maximum absolute atomic E-state index is 12.8. The molecule has 0 saturated carbocycles. The molecule has 354 valence electrons. The van der Waals surface area contributed by atoms with Gasteiger partial charge in [-0.3, -0.25) is 14.4 Å². The van der Waals surface area contributed by atoms with E-state index in [0.29, 0.717) is 19.3 Å². The third-order valence-electron chi connectivity index (χ3n) is 10.6. The first-order valence-electron chi connectivity index (χ1n) is 25.6. The van der Waals surface area contributed by atoms with Crippen molar-refractivity contribution >= 4 is 17.9 Å². The summed E-state index contributed by atoms with van der Waals surface area (Å²) in [7, 11) is 0. The van der Waals surface area contributed by atoms with Crippen LogP contribution in [0.4, 0.5) is 0 Å². The van der Waals surface area contributed by atoms with Crippen LogP contribution in [-0.4, -0.2) is 37.2 Å². The SMILES string of the molecule is CC/C=C\C/C=C\C/C=C\C/C=C\CCCCCCCCC(=O)OCC(COC(=O)CCCCCCCCCCCCCC)OC(=O)CCCCC/C=C\C/C=C\C/C=C\CC. The van der Waals surface area contributed by atoms with Gasteiger partial charge in [-0.25, -0.2) is 0 Å². The normalized spacial score (nSPS) is 12.8. The van der Waals surface area contributed by atoms with Crippen LogP contribution in [0.3, 0.4) is 0 Å². The fourth-order valence-electron chi connectivity index (χ4n) is 6.86. The number of ether oxygens (including phenoxy) is 3. The number of carbonyl (C=O) groups excluding carboxylic acids is 3. The fraction of sp³-hybridized carbons (Fsp3) is 0.696. The van der Waals surface area contributed by atoms with E-state index < -0.39 is 6.10 Å². The molecule has 0 saturated heterocycles. The molecule has 0 fully saturated rings. The molecule has 0 amide bonds. The average Bonchev–Trinajstić information content (AvgIpc) is 3.27. The molecule has 1 atom stereocenters. The molecule has 0 bridgehead atoms. The van der Waals surface area contributed by atoms with Crippen molar-refractivity contribution in [3.8, 4) is 0 Å². The van der Waals surface area contributed by atoms with Crippen LogP contribution in [0.5, 0.6) is 0 Å². The van der Waals surface area contributed by atoms with Crippen LogP contribution in [-0.2, 0) is 28.6 Å². The maximum atomic E-state index is 12.8. The second-order valence-electron chi connectivity index (χ2n) is 16.7. The summed E-state index contributed by atoms with van der Waals surface area (Å²) in [5.41, 5.74) is 0. The largest absolute Gasteiger partial charge is 0.462 e. The zero-order valence-electron chi connectivity index (χ0n) is 40.4. The van der Waals surface area contributed by atoms with Crippen molar-refractivity contribution in [2.24, 2.45) is 0 Å². The third kappa shape index (κ3) is 47.6. The quantitative estimate of drug-likeness (QED) is 0.0263. The smallest absolute Gasteiger partial charge is 0.306 e. The summed E-state index contributed by atoms with van der Waals surface area (Å²) in [6.07, 6.45) is 64.2. The van der Waals surface area contributed by atoms with Gasteiger partial charge < -0.3 is 14.2 Å². The van der Waals surface area contributed by atoms with Gasteiger partial charge in [0.05, 0.1) is 0 Å². The van der Waals surface area contributed by atoms with Crippen molar-refractivity contribution in [2.75, 3.05) is 13.2 Å². The lowest BCUT2D eigenvalue weighted by Crippen LogP contribution is -2.30. The number of hydrogen-bond acceptors (Lipinski definition) is 6. The van der Waals surface area contributed by atoms with Crippen molar-refractivity contribution in [1.82, 2.24) is 0 Å². The van der Waals surface area contributed by atoms with Crippen LogP contribution < -0.4 is 0 Å². The van der Waals surface area contributed by atoms with Gasteiger partial charge >= 0.3 is 17.9 Å². The van der Waals surface area contributed by atoms with Crippen LogP contribution in [0, 0.1) is 0 Å². The van der Waals surface area contributed by atoms with Crippen molar-refractivity contribution in [3.63, 3.8) is 0 Å². The molecule has 0 aromatic heterocycles. The topological polar surface area (TPSA) is 78.9 Å². The maximum Gasteiger partial charge on any atom is 0.306 e. The molecule has 6 nitrogen and oxygen atoms in total. The van der Waals surface area contributed by atoms with Crippen LogP contribution >= 0.6 is 0 Å². The first-order valence-corrected chi connectivity index (χ1v) is 25.6. The highest BCUT2D eigenvalue weighted by Gasteiger charge is 2.19. The van der Waals surface area contributed by atoms with Crippen LogP contribution in [0.25, 0.3) is 0 Å². The molecule has 0 aliphatic heterocycles. The number of hydrogen-bond donors (Lipinski definition) is 0. The molecular weight excluding hydrogens is 769 g/mol. The van der Waals surface area contributed by atoms with E-state index in [4.69, 9.17) is 14.2 Å².